The van der Waals surface area contributed by atoms with Gasteiger partial charge in [0.1, 0.15) is 0 Å². The summed E-state index contributed by atoms with van der Waals surface area (Å²) in [5, 5.41) is 0. The zero-order chi connectivity index (χ0) is 17.6. The molecule has 1 unspecified atom stereocenters. The highest BCUT2D eigenvalue weighted by molar-refractivity contribution is 5.94. The first-order valence-electron chi connectivity index (χ1n) is 9.05. The molecule has 2 amide bonds. The Morgan fingerprint density at radius 3 is 2.13 bits per heavy atom. The normalized spacial score (nSPS) is 29.3. The lowest BCUT2D eigenvalue weighted by Gasteiger charge is -2.43. The molecular weight excluding hydrogens is 288 g/mol. The molecule has 2 aliphatic rings. The van der Waals surface area contributed by atoms with Crippen LogP contribution in [0, 0.1) is 16.7 Å². The minimum Gasteiger partial charge on any atom is -0.342 e. The Morgan fingerprint density at radius 2 is 1.74 bits per heavy atom. The highest BCUT2D eigenvalue weighted by Crippen LogP contribution is 2.53. The number of hydrogen-bond acceptors (Lipinski definition) is 2. The lowest BCUT2D eigenvalue weighted by molar-refractivity contribution is -0.156. The van der Waals surface area contributed by atoms with Gasteiger partial charge in [0, 0.05) is 25.7 Å². The molecule has 2 heterocycles. The molecule has 0 N–H and O–H groups in total. The Morgan fingerprint density at radius 1 is 1.22 bits per heavy atom. The van der Waals surface area contributed by atoms with E-state index in [2.05, 4.69) is 20.8 Å². The SMILES string of the molecule is CCC1CCN(C(=O)C(C)(C)C2(C)CC(C)(C)N(C)C2=O)CC1. The van der Waals surface area contributed by atoms with Crippen molar-refractivity contribution in [3.63, 3.8) is 0 Å². The van der Waals surface area contributed by atoms with Crippen LogP contribution in [0.1, 0.15) is 67.2 Å². The van der Waals surface area contributed by atoms with Crippen LogP contribution in [0.15, 0.2) is 0 Å². The van der Waals surface area contributed by atoms with Gasteiger partial charge in [0.2, 0.25) is 11.8 Å². The molecule has 0 saturated carbocycles. The van der Waals surface area contributed by atoms with E-state index in [-0.39, 0.29) is 17.4 Å². The van der Waals surface area contributed by atoms with E-state index in [9.17, 15) is 9.59 Å². The first kappa shape index (κ1) is 18.3. The topological polar surface area (TPSA) is 40.6 Å². The van der Waals surface area contributed by atoms with Gasteiger partial charge in [0.25, 0.3) is 0 Å². The van der Waals surface area contributed by atoms with Crippen molar-refractivity contribution >= 4 is 11.8 Å². The van der Waals surface area contributed by atoms with Crippen molar-refractivity contribution in [1.29, 1.82) is 0 Å². The van der Waals surface area contributed by atoms with Crippen LogP contribution >= 0.6 is 0 Å². The summed E-state index contributed by atoms with van der Waals surface area (Å²) in [4.78, 5) is 30.0. The fraction of sp³-hybridized carbons (Fsp3) is 0.895. The number of piperidine rings is 1. The highest BCUT2D eigenvalue weighted by atomic mass is 16.2. The Balaban J connectivity index is 2.21. The maximum Gasteiger partial charge on any atom is 0.229 e. The molecule has 0 spiro atoms. The number of rotatable bonds is 3. The minimum absolute atomic E-state index is 0.101. The molecule has 1 atom stereocenters. The number of carbonyl (C=O) groups is 2. The van der Waals surface area contributed by atoms with Crippen LogP contribution in [-0.2, 0) is 9.59 Å². The minimum atomic E-state index is -0.675. The third-order valence-corrected chi connectivity index (χ3v) is 6.86. The zero-order valence-corrected chi connectivity index (χ0v) is 16.0. The van der Waals surface area contributed by atoms with Gasteiger partial charge < -0.3 is 9.80 Å². The van der Waals surface area contributed by atoms with Crippen molar-refractivity contribution in [1.82, 2.24) is 9.80 Å². The van der Waals surface area contributed by atoms with Gasteiger partial charge in [-0.15, -0.1) is 0 Å². The molecule has 4 nitrogen and oxygen atoms in total. The molecule has 4 heteroatoms. The van der Waals surface area contributed by atoms with Crippen molar-refractivity contribution in [2.45, 2.75) is 72.8 Å². The van der Waals surface area contributed by atoms with Gasteiger partial charge in [-0.05, 0) is 59.8 Å². The summed E-state index contributed by atoms with van der Waals surface area (Å²) in [6.45, 7) is 14.0. The first-order chi connectivity index (χ1) is 10.5. The lowest BCUT2D eigenvalue weighted by Crippen LogP contribution is -2.53. The fourth-order valence-electron chi connectivity index (χ4n) is 4.37. The molecule has 0 aromatic heterocycles. The predicted octanol–water partition coefficient (Wildman–Crippen LogP) is 3.31. The molecular formula is C19H34N2O2. The standard InChI is InChI=1S/C19H34N2O2/c1-8-14-9-11-21(12-10-14)15(22)18(4,5)19(6)13-17(2,3)20(7)16(19)23/h14H,8-13H2,1-7H3. The van der Waals surface area contributed by atoms with Gasteiger partial charge in [-0.25, -0.2) is 0 Å². The molecule has 0 bridgehead atoms. The Kier molecular flexibility index (Phi) is 4.60. The van der Waals surface area contributed by atoms with E-state index >= 15 is 0 Å². The monoisotopic (exact) mass is 322 g/mol. The summed E-state index contributed by atoms with van der Waals surface area (Å²) in [5.74, 6) is 0.995. The molecule has 0 aromatic carbocycles. The number of amides is 2. The zero-order valence-electron chi connectivity index (χ0n) is 16.0. The summed E-state index contributed by atoms with van der Waals surface area (Å²) in [6.07, 6.45) is 4.10. The van der Waals surface area contributed by atoms with Crippen LogP contribution < -0.4 is 0 Å². The second kappa shape index (κ2) is 5.78. The molecule has 0 aromatic rings. The third-order valence-electron chi connectivity index (χ3n) is 6.86. The maximum absolute atomic E-state index is 13.2. The quantitative estimate of drug-likeness (QED) is 0.800. The molecule has 0 radical (unpaired) electrons. The van der Waals surface area contributed by atoms with Gasteiger partial charge in [-0.3, -0.25) is 9.59 Å². The Hall–Kier alpha value is -1.06. The molecule has 23 heavy (non-hydrogen) atoms. The third kappa shape index (κ3) is 2.78. The van der Waals surface area contributed by atoms with E-state index in [0.717, 1.165) is 38.3 Å². The number of likely N-dealkylation sites (tertiary alicyclic amines) is 2. The molecule has 132 valence electrons. The van der Waals surface area contributed by atoms with Crippen LogP contribution in [0.3, 0.4) is 0 Å². The summed E-state index contributed by atoms with van der Waals surface area (Å²) in [7, 11) is 1.86. The Labute approximate surface area is 141 Å². The van der Waals surface area contributed by atoms with Crippen LogP contribution in [-0.4, -0.2) is 47.3 Å². The van der Waals surface area contributed by atoms with E-state index in [1.807, 2.05) is 37.6 Å². The van der Waals surface area contributed by atoms with Crippen molar-refractivity contribution in [2.24, 2.45) is 16.7 Å². The van der Waals surface area contributed by atoms with Crippen molar-refractivity contribution in [3.05, 3.63) is 0 Å². The lowest BCUT2D eigenvalue weighted by atomic mass is 9.63. The predicted molar refractivity (Wildman–Crippen MR) is 92.9 cm³/mol. The van der Waals surface area contributed by atoms with Crippen LogP contribution in [0.25, 0.3) is 0 Å². The number of carbonyl (C=O) groups excluding carboxylic acids is 2. The smallest absolute Gasteiger partial charge is 0.229 e. The second-order valence-corrected chi connectivity index (χ2v) is 8.95. The summed E-state index contributed by atoms with van der Waals surface area (Å²) in [6, 6.07) is 0. The van der Waals surface area contributed by atoms with E-state index in [1.54, 1.807) is 0 Å². The molecule has 2 rings (SSSR count). The van der Waals surface area contributed by atoms with Gasteiger partial charge in [0.15, 0.2) is 0 Å². The van der Waals surface area contributed by atoms with Gasteiger partial charge in [0.05, 0.1) is 10.8 Å². The number of hydrogen-bond donors (Lipinski definition) is 0. The Bertz CT molecular complexity index is 490. The molecule has 2 saturated heterocycles. The summed E-state index contributed by atoms with van der Waals surface area (Å²) >= 11 is 0. The number of nitrogens with zero attached hydrogens (tertiary/aromatic N) is 2. The summed E-state index contributed by atoms with van der Waals surface area (Å²) in [5.41, 5.74) is -1.51. The fourth-order valence-corrected chi connectivity index (χ4v) is 4.37. The van der Waals surface area contributed by atoms with E-state index in [1.165, 1.54) is 6.42 Å². The van der Waals surface area contributed by atoms with Crippen LogP contribution in [0.5, 0.6) is 0 Å². The molecule has 2 fully saturated rings. The van der Waals surface area contributed by atoms with Crippen molar-refractivity contribution in [2.75, 3.05) is 20.1 Å². The van der Waals surface area contributed by atoms with Gasteiger partial charge in [-0.2, -0.15) is 0 Å². The average molecular weight is 322 g/mol. The maximum atomic E-state index is 13.2. The summed E-state index contributed by atoms with van der Waals surface area (Å²) < 4.78 is 0. The first-order valence-corrected chi connectivity index (χ1v) is 9.05. The van der Waals surface area contributed by atoms with Gasteiger partial charge >= 0.3 is 0 Å². The van der Waals surface area contributed by atoms with Crippen molar-refractivity contribution in [3.8, 4) is 0 Å². The van der Waals surface area contributed by atoms with Crippen LogP contribution in [0.4, 0.5) is 0 Å². The van der Waals surface area contributed by atoms with Gasteiger partial charge in [-0.1, -0.05) is 13.3 Å². The van der Waals surface area contributed by atoms with E-state index in [0.29, 0.717) is 0 Å². The molecule has 2 aliphatic heterocycles. The second-order valence-electron chi connectivity index (χ2n) is 8.95. The van der Waals surface area contributed by atoms with E-state index in [4.69, 9.17) is 0 Å². The molecule has 0 aliphatic carbocycles. The van der Waals surface area contributed by atoms with Crippen LogP contribution in [0.2, 0.25) is 0 Å². The van der Waals surface area contributed by atoms with Crippen molar-refractivity contribution < 1.29 is 9.59 Å². The highest BCUT2D eigenvalue weighted by Gasteiger charge is 2.61. The van der Waals surface area contributed by atoms with E-state index < -0.39 is 10.8 Å². The largest absolute Gasteiger partial charge is 0.342 e. The average Bonchev–Trinajstić information content (AvgIpc) is 2.67.